The van der Waals surface area contributed by atoms with E-state index >= 15 is 0 Å². The summed E-state index contributed by atoms with van der Waals surface area (Å²) in [7, 11) is 1.80. The second-order valence-electron chi connectivity index (χ2n) is 6.20. The fraction of sp³-hybridized carbons (Fsp3) is 0.350. The lowest BCUT2D eigenvalue weighted by atomic mass is 9.98. The highest BCUT2D eigenvalue weighted by atomic mass is 16.5. The predicted octanol–water partition coefficient (Wildman–Crippen LogP) is 4.16. The van der Waals surface area contributed by atoms with Crippen molar-refractivity contribution in [3.63, 3.8) is 0 Å². The topological polar surface area (TPSA) is 29.5 Å². The van der Waals surface area contributed by atoms with Crippen LogP contribution in [0.1, 0.15) is 36.5 Å². The number of benzene rings is 2. The van der Waals surface area contributed by atoms with Crippen molar-refractivity contribution in [2.75, 3.05) is 13.7 Å². The van der Waals surface area contributed by atoms with Crippen LogP contribution in [0.25, 0.3) is 0 Å². The van der Waals surface area contributed by atoms with Gasteiger partial charge in [-0.25, -0.2) is 0 Å². The summed E-state index contributed by atoms with van der Waals surface area (Å²) in [5.41, 5.74) is 3.62. The van der Waals surface area contributed by atoms with Gasteiger partial charge in [0.05, 0.1) is 0 Å². The maximum absolute atomic E-state index is 12.2. The molecule has 0 aliphatic carbocycles. The molecule has 0 unspecified atom stereocenters. The van der Waals surface area contributed by atoms with Gasteiger partial charge in [-0.1, -0.05) is 50.2 Å². The van der Waals surface area contributed by atoms with Crippen LogP contribution in [-0.4, -0.2) is 24.5 Å². The van der Waals surface area contributed by atoms with Gasteiger partial charge in [0, 0.05) is 13.6 Å². The zero-order chi connectivity index (χ0) is 16.8. The number of amides is 1. The number of carbonyl (C=O) groups excluding carboxylic acids is 1. The maximum atomic E-state index is 12.2. The molecular weight excluding hydrogens is 286 g/mol. The van der Waals surface area contributed by atoms with E-state index in [1.807, 2.05) is 42.5 Å². The second kappa shape index (κ2) is 7.82. The van der Waals surface area contributed by atoms with Crippen molar-refractivity contribution in [2.45, 2.75) is 33.2 Å². The molecule has 0 saturated heterocycles. The smallest absolute Gasteiger partial charge is 0.260 e. The molecule has 0 aliphatic heterocycles. The fourth-order valence-corrected chi connectivity index (χ4v) is 2.59. The number of ether oxygens (including phenoxy) is 1. The van der Waals surface area contributed by atoms with Crippen molar-refractivity contribution in [2.24, 2.45) is 0 Å². The molecule has 2 aromatic carbocycles. The summed E-state index contributed by atoms with van der Waals surface area (Å²) in [6.45, 7) is 7.07. The number of carbonyl (C=O) groups is 1. The van der Waals surface area contributed by atoms with E-state index in [0.717, 1.165) is 11.3 Å². The highest BCUT2D eigenvalue weighted by molar-refractivity contribution is 5.77. The van der Waals surface area contributed by atoms with Crippen molar-refractivity contribution < 1.29 is 9.53 Å². The van der Waals surface area contributed by atoms with Crippen LogP contribution in [0.4, 0.5) is 0 Å². The standard InChI is InChI=1S/C20H25NO2/c1-15(2)19-11-10-18(12-16(19)3)23-14-20(22)21(4)13-17-8-6-5-7-9-17/h5-12,15H,13-14H2,1-4H3. The van der Waals surface area contributed by atoms with Gasteiger partial charge >= 0.3 is 0 Å². The Bertz CT molecular complexity index is 650. The normalized spacial score (nSPS) is 10.7. The van der Waals surface area contributed by atoms with Gasteiger partial charge in [0.1, 0.15) is 5.75 Å². The van der Waals surface area contributed by atoms with E-state index in [1.54, 1.807) is 11.9 Å². The van der Waals surface area contributed by atoms with Gasteiger partial charge in [-0.3, -0.25) is 4.79 Å². The number of likely N-dealkylation sites (N-methyl/N-ethyl adjacent to an activating group) is 1. The molecule has 2 rings (SSSR count). The first-order valence-electron chi connectivity index (χ1n) is 7.98. The summed E-state index contributed by atoms with van der Waals surface area (Å²) >= 11 is 0. The summed E-state index contributed by atoms with van der Waals surface area (Å²) in [6, 6.07) is 16.0. The predicted molar refractivity (Wildman–Crippen MR) is 93.7 cm³/mol. The largest absolute Gasteiger partial charge is 0.484 e. The van der Waals surface area contributed by atoms with Crippen LogP contribution in [0.5, 0.6) is 5.75 Å². The summed E-state index contributed by atoms with van der Waals surface area (Å²) in [4.78, 5) is 13.9. The van der Waals surface area contributed by atoms with Crippen molar-refractivity contribution in [1.29, 1.82) is 0 Å². The molecule has 122 valence electrons. The van der Waals surface area contributed by atoms with Crippen LogP contribution in [0.2, 0.25) is 0 Å². The third-order valence-electron chi connectivity index (χ3n) is 3.91. The van der Waals surface area contributed by atoms with Crippen LogP contribution in [0.15, 0.2) is 48.5 Å². The van der Waals surface area contributed by atoms with Crippen LogP contribution in [0.3, 0.4) is 0 Å². The first kappa shape index (κ1) is 17.1. The van der Waals surface area contributed by atoms with E-state index in [4.69, 9.17) is 4.74 Å². The van der Waals surface area contributed by atoms with Gasteiger partial charge in [0.2, 0.25) is 0 Å². The van der Waals surface area contributed by atoms with Crippen LogP contribution in [-0.2, 0) is 11.3 Å². The Labute approximate surface area is 138 Å². The van der Waals surface area contributed by atoms with Crippen molar-refractivity contribution in [3.05, 3.63) is 65.2 Å². The van der Waals surface area contributed by atoms with Gasteiger partial charge < -0.3 is 9.64 Å². The number of hydrogen-bond donors (Lipinski definition) is 0. The average molecular weight is 311 g/mol. The third-order valence-corrected chi connectivity index (χ3v) is 3.91. The van der Waals surface area contributed by atoms with E-state index in [1.165, 1.54) is 11.1 Å². The zero-order valence-electron chi connectivity index (χ0n) is 14.4. The summed E-state index contributed by atoms with van der Waals surface area (Å²) in [5.74, 6) is 1.20. The molecule has 1 amide bonds. The molecule has 0 aliphatic rings. The van der Waals surface area contributed by atoms with Gasteiger partial charge in [-0.2, -0.15) is 0 Å². The molecule has 3 nitrogen and oxygen atoms in total. The molecule has 0 aromatic heterocycles. The van der Waals surface area contributed by atoms with Crippen molar-refractivity contribution in [3.8, 4) is 5.75 Å². The van der Waals surface area contributed by atoms with Crippen molar-refractivity contribution in [1.82, 2.24) is 4.90 Å². The minimum Gasteiger partial charge on any atom is -0.484 e. The minimum absolute atomic E-state index is 0.0283. The average Bonchev–Trinajstić information content (AvgIpc) is 2.53. The second-order valence-corrected chi connectivity index (χ2v) is 6.20. The summed E-state index contributed by atoms with van der Waals surface area (Å²) < 4.78 is 5.65. The number of rotatable bonds is 6. The Morgan fingerprint density at radius 3 is 2.43 bits per heavy atom. The highest BCUT2D eigenvalue weighted by Gasteiger charge is 2.11. The van der Waals surface area contributed by atoms with E-state index in [2.05, 4.69) is 26.8 Å². The molecule has 0 N–H and O–H groups in total. The molecular formula is C20H25NO2. The Morgan fingerprint density at radius 1 is 1.13 bits per heavy atom. The quantitative estimate of drug-likeness (QED) is 0.802. The van der Waals surface area contributed by atoms with Gasteiger partial charge in [0.15, 0.2) is 6.61 Å². The Morgan fingerprint density at radius 2 is 1.83 bits per heavy atom. The van der Waals surface area contributed by atoms with E-state index in [0.29, 0.717) is 12.5 Å². The molecule has 2 aromatic rings. The minimum atomic E-state index is -0.0283. The first-order chi connectivity index (χ1) is 11.0. The van der Waals surface area contributed by atoms with E-state index in [-0.39, 0.29) is 12.5 Å². The molecule has 0 fully saturated rings. The number of aryl methyl sites for hydroxylation is 1. The Balaban J connectivity index is 1.90. The fourth-order valence-electron chi connectivity index (χ4n) is 2.59. The molecule has 3 heteroatoms. The summed E-state index contributed by atoms with van der Waals surface area (Å²) in [6.07, 6.45) is 0. The van der Waals surface area contributed by atoms with Crippen LogP contribution in [0, 0.1) is 6.92 Å². The maximum Gasteiger partial charge on any atom is 0.260 e. The SMILES string of the molecule is Cc1cc(OCC(=O)N(C)Cc2ccccc2)ccc1C(C)C. The molecule has 0 bridgehead atoms. The molecule has 0 radical (unpaired) electrons. The molecule has 0 heterocycles. The number of nitrogens with zero attached hydrogens (tertiary/aromatic N) is 1. The molecule has 0 spiro atoms. The number of hydrogen-bond acceptors (Lipinski definition) is 2. The molecule has 23 heavy (non-hydrogen) atoms. The lowest BCUT2D eigenvalue weighted by Crippen LogP contribution is -2.30. The van der Waals surface area contributed by atoms with Crippen LogP contribution >= 0.6 is 0 Å². The van der Waals surface area contributed by atoms with E-state index < -0.39 is 0 Å². The third kappa shape index (κ3) is 4.85. The van der Waals surface area contributed by atoms with Crippen LogP contribution < -0.4 is 4.74 Å². The van der Waals surface area contributed by atoms with Gasteiger partial charge in [0.25, 0.3) is 5.91 Å². The molecule has 0 saturated carbocycles. The molecule has 0 atom stereocenters. The lowest BCUT2D eigenvalue weighted by Gasteiger charge is -2.18. The van der Waals surface area contributed by atoms with Crippen molar-refractivity contribution >= 4 is 5.91 Å². The summed E-state index contributed by atoms with van der Waals surface area (Å²) in [5, 5.41) is 0. The Hall–Kier alpha value is -2.29. The Kier molecular flexibility index (Phi) is 5.80. The highest BCUT2D eigenvalue weighted by Crippen LogP contribution is 2.23. The first-order valence-corrected chi connectivity index (χ1v) is 7.98. The van der Waals surface area contributed by atoms with Gasteiger partial charge in [-0.05, 0) is 41.7 Å². The lowest BCUT2D eigenvalue weighted by molar-refractivity contribution is -0.132. The van der Waals surface area contributed by atoms with E-state index in [9.17, 15) is 4.79 Å². The monoisotopic (exact) mass is 311 g/mol. The van der Waals surface area contributed by atoms with Gasteiger partial charge in [-0.15, -0.1) is 0 Å². The zero-order valence-corrected chi connectivity index (χ0v) is 14.4.